The highest BCUT2D eigenvalue weighted by Gasteiger charge is 2.32. The maximum absolute atomic E-state index is 13.8. The molecule has 6 rings (SSSR count). The lowest BCUT2D eigenvalue weighted by Gasteiger charge is -2.29. The summed E-state index contributed by atoms with van der Waals surface area (Å²) in [6.45, 7) is 1.66. The molecule has 1 aliphatic heterocycles. The van der Waals surface area contributed by atoms with Crippen molar-refractivity contribution in [1.82, 2.24) is 9.97 Å². The van der Waals surface area contributed by atoms with Gasteiger partial charge in [0.1, 0.15) is 5.82 Å². The van der Waals surface area contributed by atoms with Gasteiger partial charge in [-0.05, 0) is 42.5 Å². The van der Waals surface area contributed by atoms with Crippen molar-refractivity contribution in [3.63, 3.8) is 0 Å². The van der Waals surface area contributed by atoms with Crippen LogP contribution in [0.5, 0.6) is 0 Å². The molecule has 0 spiro atoms. The second-order valence-corrected chi connectivity index (χ2v) is 9.61. The van der Waals surface area contributed by atoms with Gasteiger partial charge in [0.05, 0.1) is 30.0 Å². The summed E-state index contributed by atoms with van der Waals surface area (Å²) in [6.07, 6.45) is -1.41. The molecule has 1 saturated heterocycles. The van der Waals surface area contributed by atoms with E-state index in [2.05, 4.69) is 20.6 Å². The number of fused-ring (bicyclic) bond motifs is 2. The van der Waals surface area contributed by atoms with E-state index in [0.717, 1.165) is 34.3 Å². The van der Waals surface area contributed by atoms with E-state index in [0.29, 0.717) is 48.6 Å². The van der Waals surface area contributed by atoms with Crippen molar-refractivity contribution in [2.45, 2.75) is 6.18 Å². The Balaban J connectivity index is 1.34. The summed E-state index contributed by atoms with van der Waals surface area (Å²) in [6, 6.07) is 18.1. The smallest absolute Gasteiger partial charge is 0.397 e. The Morgan fingerprint density at radius 1 is 0.878 bits per heavy atom. The maximum Gasteiger partial charge on any atom is 0.416 e. The highest BCUT2D eigenvalue weighted by atomic mass is 19.4. The number of aromatic nitrogens is 2. The number of hydrogen-bond donors (Lipinski definition) is 3. The molecule has 3 aromatic carbocycles. The molecule has 1 amide bonds. The van der Waals surface area contributed by atoms with Crippen LogP contribution in [0.15, 0.2) is 79.1 Å². The number of nitrogens with one attached hydrogen (secondary N) is 2. The Hall–Kier alpha value is -4.90. The van der Waals surface area contributed by atoms with Crippen molar-refractivity contribution < 1.29 is 22.7 Å². The van der Waals surface area contributed by atoms with E-state index in [1.807, 2.05) is 24.3 Å². The number of morpholine rings is 1. The third-order valence-corrected chi connectivity index (χ3v) is 6.99. The van der Waals surface area contributed by atoms with Crippen LogP contribution >= 0.6 is 0 Å². The molecule has 0 saturated carbocycles. The van der Waals surface area contributed by atoms with Crippen molar-refractivity contribution in [2.24, 2.45) is 0 Å². The molecule has 11 heteroatoms. The van der Waals surface area contributed by atoms with Gasteiger partial charge in [0.15, 0.2) is 0 Å². The van der Waals surface area contributed by atoms with Crippen LogP contribution in [0.2, 0.25) is 0 Å². The summed E-state index contributed by atoms with van der Waals surface area (Å²) < 4.78 is 46.6. The summed E-state index contributed by atoms with van der Waals surface area (Å²) in [4.78, 5) is 23.8. The number of carbonyl (C=O) groups excluding carboxylic acids is 1. The van der Waals surface area contributed by atoms with Gasteiger partial charge in [-0.15, -0.1) is 0 Å². The van der Waals surface area contributed by atoms with Crippen LogP contribution in [-0.2, 0) is 10.9 Å². The Bertz CT molecular complexity index is 1770. The van der Waals surface area contributed by atoms with Gasteiger partial charge in [-0.3, -0.25) is 9.78 Å². The van der Waals surface area contributed by atoms with Crippen LogP contribution in [0, 0.1) is 0 Å². The SMILES string of the molecule is Nc1cccc2c(Nc3cccc4c(NC(=O)c5cc(N6CCOCC6)cc(C(F)(F)F)c5)nccc34)ccnc12. The molecule has 8 nitrogen and oxygen atoms in total. The van der Waals surface area contributed by atoms with Gasteiger partial charge in [-0.25, -0.2) is 4.98 Å². The highest BCUT2D eigenvalue weighted by molar-refractivity contribution is 6.11. The maximum atomic E-state index is 13.8. The van der Waals surface area contributed by atoms with Crippen molar-refractivity contribution in [3.05, 3.63) is 90.3 Å². The van der Waals surface area contributed by atoms with Gasteiger partial charge in [-0.1, -0.05) is 24.3 Å². The van der Waals surface area contributed by atoms with Crippen LogP contribution in [0.1, 0.15) is 15.9 Å². The van der Waals surface area contributed by atoms with Crippen LogP contribution in [0.25, 0.3) is 21.7 Å². The van der Waals surface area contributed by atoms with Gasteiger partial charge in [0, 0.05) is 64.3 Å². The molecule has 0 aliphatic carbocycles. The lowest BCUT2D eigenvalue weighted by Crippen LogP contribution is -2.36. The average molecular weight is 559 g/mol. The molecule has 41 heavy (non-hydrogen) atoms. The molecule has 1 fully saturated rings. The van der Waals surface area contributed by atoms with Crippen molar-refractivity contribution in [1.29, 1.82) is 0 Å². The van der Waals surface area contributed by atoms with E-state index in [1.54, 1.807) is 35.4 Å². The minimum Gasteiger partial charge on any atom is -0.397 e. The van der Waals surface area contributed by atoms with Gasteiger partial charge in [-0.2, -0.15) is 13.2 Å². The van der Waals surface area contributed by atoms with Gasteiger partial charge < -0.3 is 26.0 Å². The summed E-state index contributed by atoms with van der Waals surface area (Å²) in [5, 5.41) is 8.35. The topological polar surface area (TPSA) is 105 Å². The molecule has 0 unspecified atom stereocenters. The van der Waals surface area contributed by atoms with Crippen molar-refractivity contribution >= 4 is 56.1 Å². The zero-order chi connectivity index (χ0) is 28.6. The Labute approximate surface area is 233 Å². The average Bonchev–Trinajstić information content (AvgIpc) is 2.98. The molecule has 2 aromatic heterocycles. The largest absolute Gasteiger partial charge is 0.416 e. The molecule has 1 aliphatic rings. The number of alkyl halides is 3. The zero-order valence-corrected chi connectivity index (χ0v) is 21.7. The summed E-state index contributed by atoms with van der Waals surface area (Å²) in [5.41, 5.74) is 8.16. The Morgan fingerprint density at radius 2 is 1.61 bits per heavy atom. The zero-order valence-electron chi connectivity index (χ0n) is 21.7. The third-order valence-electron chi connectivity index (χ3n) is 6.99. The predicted molar refractivity (Wildman–Crippen MR) is 154 cm³/mol. The van der Waals surface area contributed by atoms with E-state index in [1.165, 1.54) is 12.3 Å². The number of nitrogens with two attached hydrogens (primary N) is 1. The van der Waals surface area contributed by atoms with Crippen molar-refractivity contribution in [3.8, 4) is 0 Å². The second kappa shape index (κ2) is 10.6. The molecule has 0 bridgehead atoms. The van der Waals surface area contributed by atoms with Crippen LogP contribution in [-0.4, -0.2) is 42.2 Å². The molecular formula is C30H25F3N6O2. The monoisotopic (exact) mass is 558 g/mol. The summed E-state index contributed by atoms with van der Waals surface area (Å²) >= 11 is 0. The number of carbonyl (C=O) groups is 1. The minimum absolute atomic E-state index is 0.116. The van der Waals surface area contributed by atoms with Gasteiger partial charge in [0.25, 0.3) is 5.91 Å². The molecule has 208 valence electrons. The Kier molecular flexibility index (Phi) is 6.80. The lowest BCUT2D eigenvalue weighted by atomic mass is 10.1. The fourth-order valence-electron chi connectivity index (χ4n) is 4.96. The Morgan fingerprint density at radius 3 is 2.41 bits per heavy atom. The van der Waals surface area contributed by atoms with E-state index >= 15 is 0 Å². The minimum atomic E-state index is -4.61. The molecule has 4 N–H and O–H groups in total. The van der Waals surface area contributed by atoms with E-state index in [4.69, 9.17) is 10.5 Å². The summed E-state index contributed by atoms with van der Waals surface area (Å²) in [5.74, 6) is -0.468. The predicted octanol–water partition coefficient (Wildman–Crippen LogP) is 6.22. The molecule has 0 radical (unpaired) electrons. The number of amides is 1. The number of nitrogens with zero attached hydrogens (tertiary/aromatic N) is 3. The lowest BCUT2D eigenvalue weighted by molar-refractivity contribution is -0.137. The first-order valence-electron chi connectivity index (χ1n) is 12.9. The number of para-hydroxylation sites is 1. The molecular weight excluding hydrogens is 533 g/mol. The van der Waals surface area contributed by atoms with Crippen LogP contribution in [0.4, 0.5) is 41.7 Å². The fraction of sp³-hybridized carbons (Fsp3) is 0.167. The number of halogens is 3. The number of ether oxygens (including phenoxy) is 1. The van der Waals surface area contributed by atoms with Gasteiger partial charge >= 0.3 is 6.18 Å². The first-order valence-corrected chi connectivity index (χ1v) is 12.9. The number of benzene rings is 3. The second-order valence-electron chi connectivity index (χ2n) is 9.61. The number of nitrogen functional groups attached to an aromatic ring is 1. The number of hydrogen-bond acceptors (Lipinski definition) is 7. The number of pyridine rings is 2. The third kappa shape index (κ3) is 5.31. The number of rotatable bonds is 5. The van der Waals surface area contributed by atoms with Crippen LogP contribution < -0.4 is 21.3 Å². The molecule has 0 atom stereocenters. The summed E-state index contributed by atoms with van der Waals surface area (Å²) in [7, 11) is 0. The van der Waals surface area contributed by atoms with Crippen molar-refractivity contribution in [2.75, 3.05) is 47.6 Å². The van der Waals surface area contributed by atoms with E-state index < -0.39 is 17.6 Å². The molecule has 3 heterocycles. The van der Waals surface area contributed by atoms with Gasteiger partial charge in [0.2, 0.25) is 0 Å². The van der Waals surface area contributed by atoms with E-state index in [-0.39, 0.29) is 11.4 Å². The first kappa shape index (κ1) is 26.3. The standard InChI is InChI=1S/C30H25F3N6O2/c31-30(32,33)19-15-18(16-20(17-19)39-11-13-41-14-12-39)29(40)38-28-22-3-2-6-25(21(22)7-9-36-28)37-26-8-10-35-27-23(26)4-1-5-24(27)34/h1-10,15-17H,11-14,34H2,(H,35,37)(H,36,38,40). The first-order chi connectivity index (χ1) is 19.8. The normalized spacial score (nSPS) is 13.9. The fourth-order valence-corrected chi connectivity index (χ4v) is 4.96. The number of anilines is 5. The van der Waals surface area contributed by atoms with E-state index in [9.17, 15) is 18.0 Å². The highest BCUT2D eigenvalue weighted by Crippen LogP contribution is 2.35. The molecule has 5 aromatic rings. The van der Waals surface area contributed by atoms with Crippen LogP contribution in [0.3, 0.4) is 0 Å². The quantitative estimate of drug-likeness (QED) is 0.220.